The van der Waals surface area contributed by atoms with E-state index in [0.29, 0.717) is 0 Å². The van der Waals surface area contributed by atoms with Gasteiger partial charge in [-0.25, -0.2) is 0 Å². The van der Waals surface area contributed by atoms with Gasteiger partial charge in [0.15, 0.2) is 0 Å². The van der Waals surface area contributed by atoms with Crippen molar-refractivity contribution in [1.29, 1.82) is 0 Å². The number of hydrogen-bond acceptors (Lipinski definition) is 1. The van der Waals surface area contributed by atoms with Gasteiger partial charge in [-0.05, 0) is 29.6 Å². The molecule has 2 rings (SSSR count). The van der Waals surface area contributed by atoms with E-state index in [9.17, 15) is 5.11 Å². The lowest BCUT2D eigenvalue weighted by atomic mass is 9.90. The van der Waals surface area contributed by atoms with Gasteiger partial charge in [-0.2, -0.15) is 0 Å². The average molecular weight is 188 g/mol. The van der Waals surface area contributed by atoms with E-state index >= 15 is 0 Å². The minimum atomic E-state index is -0.251. The van der Waals surface area contributed by atoms with Gasteiger partial charge in [-0.1, -0.05) is 43.7 Å². The predicted molar refractivity (Wildman–Crippen MR) is 58.9 cm³/mol. The summed E-state index contributed by atoms with van der Waals surface area (Å²) in [5, 5.41) is 9.85. The number of aliphatic hydroxyl groups is 1. The normalized spacial score (nSPS) is 21.1. The molecule has 0 aromatic rings. The molecule has 0 spiro atoms. The number of hydrogen-bond donors (Lipinski definition) is 1. The average Bonchev–Trinajstić information content (AvgIpc) is 2.64. The Morgan fingerprint density at radius 3 is 3.00 bits per heavy atom. The summed E-state index contributed by atoms with van der Waals surface area (Å²) < 4.78 is 0. The van der Waals surface area contributed by atoms with Crippen LogP contribution in [-0.4, -0.2) is 11.2 Å². The molecule has 1 heteroatoms. The Morgan fingerprint density at radius 1 is 1.36 bits per heavy atom. The van der Waals surface area contributed by atoms with Crippen molar-refractivity contribution in [1.82, 2.24) is 0 Å². The van der Waals surface area contributed by atoms with E-state index in [-0.39, 0.29) is 6.10 Å². The molecule has 0 aromatic carbocycles. The molecule has 1 nitrogen and oxygen atoms in total. The second kappa shape index (κ2) is 3.97. The number of rotatable bonds is 3. The van der Waals surface area contributed by atoms with E-state index in [1.807, 2.05) is 0 Å². The SMILES string of the molecule is CCCC(O)C1=CC=C2C=CC=C2C1. The molecule has 0 radical (unpaired) electrons. The maximum Gasteiger partial charge on any atom is 0.0756 e. The van der Waals surface area contributed by atoms with Gasteiger partial charge in [0.05, 0.1) is 6.10 Å². The first-order valence-electron chi connectivity index (χ1n) is 5.27. The molecule has 1 N–H and O–H groups in total. The molecule has 2 aliphatic carbocycles. The largest absolute Gasteiger partial charge is 0.389 e. The van der Waals surface area contributed by atoms with E-state index in [0.717, 1.165) is 24.8 Å². The molecule has 14 heavy (non-hydrogen) atoms. The first-order valence-corrected chi connectivity index (χ1v) is 5.27. The molecule has 0 aliphatic heterocycles. The standard InChI is InChI=1S/C13H16O/c1-2-4-13(14)12-8-7-10-5-3-6-11(10)9-12/h3,5-8,13-14H,2,4,9H2,1H3. The van der Waals surface area contributed by atoms with E-state index in [2.05, 4.69) is 37.3 Å². The van der Waals surface area contributed by atoms with Crippen LogP contribution in [0.1, 0.15) is 26.2 Å². The third-order valence-corrected chi connectivity index (χ3v) is 2.81. The summed E-state index contributed by atoms with van der Waals surface area (Å²) in [6.45, 7) is 2.10. The summed E-state index contributed by atoms with van der Waals surface area (Å²) in [7, 11) is 0. The summed E-state index contributed by atoms with van der Waals surface area (Å²) in [5.41, 5.74) is 3.81. The maximum atomic E-state index is 9.85. The van der Waals surface area contributed by atoms with Crippen LogP contribution in [0.5, 0.6) is 0 Å². The van der Waals surface area contributed by atoms with Crippen molar-refractivity contribution < 1.29 is 5.11 Å². The molecule has 1 unspecified atom stereocenters. The Kier molecular flexibility index (Phi) is 2.69. The molecule has 74 valence electrons. The van der Waals surface area contributed by atoms with Crippen molar-refractivity contribution in [2.45, 2.75) is 32.3 Å². The summed E-state index contributed by atoms with van der Waals surface area (Å²) in [6, 6.07) is 0. The zero-order chi connectivity index (χ0) is 9.97. The van der Waals surface area contributed by atoms with Crippen LogP contribution >= 0.6 is 0 Å². The first kappa shape index (κ1) is 9.47. The smallest absolute Gasteiger partial charge is 0.0756 e. The minimum Gasteiger partial charge on any atom is -0.389 e. The molecule has 0 bridgehead atoms. The van der Waals surface area contributed by atoms with Gasteiger partial charge in [-0.15, -0.1) is 0 Å². The lowest BCUT2D eigenvalue weighted by molar-refractivity contribution is 0.196. The van der Waals surface area contributed by atoms with Crippen molar-refractivity contribution in [2.75, 3.05) is 0 Å². The van der Waals surface area contributed by atoms with Crippen molar-refractivity contribution in [3.63, 3.8) is 0 Å². The molecular weight excluding hydrogens is 172 g/mol. The van der Waals surface area contributed by atoms with Crippen molar-refractivity contribution >= 4 is 0 Å². The zero-order valence-corrected chi connectivity index (χ0v) is 8.53. The molecule has 0 fully saturated rings. The van der Waals surface area contributed by atoms with E-state index in [4.69, 9.17) is 0 Å². The number of allylic oxidation sites excluding steroid dienone is 7. The number of aliphatic hydroxyl groups excluding tert-OH is 1. The summed E-state index contributed by atoms with van der Waals surface area (Å²) >= 11 is 0. The highest BCUT2D eigenvalue weighted by Crippen LogP contribution is 2.31. The van der Waals surface area contributed by atoms with Crippen molar-refractivity contribution in [2.24, 2.45) is 0 Å². The summed E-state index contributed by atoms with van der Waals surface area (Å²) in [6.07, 6.45) is 13.1. The van der Waals surface area contributed by atoms with Gasteiger partial charge >= 0.3 is 0 Å². The Balaban J connectivity index is 2.11. The Hall–Kier alpha value is -1.08. The van der Waals surface area contributed by atoms with Gasteiger partial charge in [-0.3, -0.25) is 0 Å². The predicted octanol–water partition coefficient (Wildman–Crippen LogP) is 2.90. The fourth-order valence-corrected chi connectivity index (χ4v) is 1.96. The monoisotopic (exact) mass is 188 g/mol. The molecule has 0 saturated heterocycles. The highest BCUT2D eigenvalue weighted by molar-refractivity contribution is 5.54. The topological polar surface area (TPSA) is 20.2 Å². The third-order valence-electron chi connectivity index (χ3n) is 2.81. The lowest BCUT2D eigenvalue weighted by Gasteiger charge is -2.18. The van der Waals surface area contributed by atoms with Crippen LogP contribution in [0.15, 0.2) is 47.1 Å². The van der Waals surface area contributed by atoms with Crippen molar-refractivity contribution in [3.05, 3.63) is 47.1 Å². The lowest BCUT2D eigenvalue weighted by Crippen LogP contribution is -2.12. The zero-order valence-electron chi connectivity index (χ0n) is 8.53. The van der Waals surface area contributed by atoms with Crippen LogP contribution in [0, 0.1) is 0 Å². The van der Waals surface area contributed by atoms with Crippen LogP contribution in [0.2, 0.25) is 0 Å². The fraction of sp³-hybridized carbons (Fsp3) is 0.385. The number of fused-ring (bicyclic) bond motifs is 1. The van der Waals surface area contributed by atoms with Gasteiger partial charge < -0.3 is 5.11 Å². The second-order valence-corrected chi connectivity index (χ2v) is 3.90. The van der Waals surface area contributed by atoms with Crippen LogP contribution in [0.3, 0.4) is 0 Å². The molecular formula is C13H16O. The van der Waals surface area contributed by atoms with Crippen LogP contribution in [0.4, 0.5) is 0 Å². The molecule has 1 atom stereocenters. The van der Waals surface area contributed by atoms with E-state index in [1.54, 1.807) is 0 Å². The quantitative estimate of drug-likeness (QED) is 0.722. The third kappa shape index (κ3) is 1.73. The highest BCUT2D eigenvalue weighted by Gasteiger charge is 2.17. The van der Waals surface area contributed by atoms with Crippen LogP contribution in [-0.2, 0) is 0 Å². The van der Waals surface area contributed by atoms with Crippen molar-refractivity contribution in [3.8, 4) is 0 Å². The first-order chi connectivity index (χ1) is 6.81. The Bertz CT molecular complexity index is 342. The Labute approximate surface area is 85.1 Å². The van der Waals surface area contributed by atoms with Crippen LogP contribution in [0.25, 0.3) is 0 Å². The molecule has 0 amide bonds. The molecule has 0 aromatic heterocycles. The minimum absolute atomic E-state index is 0.251. The fourth-order valence-electron chi connectivity index (χ4n) is 1.96. The van der Waals surface area contributed by atoms with E-state index in [1.165, 1.54) is 11.1 Å². The highest BCUT2D eigenvalue weighted by atomic mass is 16.3. The summed E-state index contributed by atoms with van der Waals surface area (Å²) in [5.74, 6) is 0. The summed E-state index contributed by atoms with van der Waals surface area (Å²) in [4.78, 5) is 0. The van der Waals surface area contributed by atoms with Gasteiger partial charge in [0.1, 0.15) is 0 Å². The second-order valence-electron chi connectivity index (χ2n) is 3.90. The maximum absolute atomic E-state index is 9.85. The molecule has 0 heterocycles. The van der Waals surface area contributed by atoms with Gasteiger partial charge in [0.25, 0.3) is 0 Å². The van der Waals surface area contributed by atoms with Crippen LogP contribution < -0.4 is 0 Å². The Morgan fingerprint density at radius 2 is 2.21 bits per heavy atom. The van der Waals surface area contributed by atoms with Gasteiger partial charge in [0, 0.05) is 0 Å². The molecule has 0 saturated carbocycles. The van der Waals surface area contributed by atoms with E-state index < -0.39 is 0 Å². The van der Waals surface area contributed by atoms with Gasteiger partial charge in [0.2, 0.25) is 0 Å². The molecule has 2 aliphatic rings.